The van der Waals surface area contributed by atoms with Crippen LogP contribution in [0.4, 0.5) is 16.5 Å². The van der Waals surface area contributed by atoms with Crippen LogP contribution < -0.4 is 15.5 Å². The fourth-order valence-corrected chi connectivity index (χ4v) is 4.70. The van der Waals surface area contributed by atoms with Gasteiger partial charge in [-0.3, -0.25) is 9.59 Å². The van der Waals surface area contributed by atoms with Crippen molar-refractivity contribution < 1.29 is 9.59 Å². The lowest BCUT2D eigenvalue weighted by Crippen LogP contribution is -2.40. The van der Waals surface area contributed by atoms with Crippen LogP contribution in [0.5, 0.6) is 0 Å². The zero-order valence-corrected chi connectivity index (χ0v) is 17.4. The molecule has 0 aliphatic carbocycles. The van der Waals surface area contributed by atoms with Crippen LogP contribution in [0.3, 0.4) is 0 Å². The summed E-state index contributed by atoms with van der Waals surface area (Å²) in [4.78, 5) is 30.9. The Labute approximate surface area is 173 Å². The van der Waals surface area contributed by atoms with E-state index in [4.69, 9.17) is 4.98 Å². The van der Waals surface area contributed by atoms with Gasteiger partial charge in [-0.25, -0.2) is 4.98 Å². The molecule has 150 valence electrons. The number of piperidine rings is 1. The summed E-state index contributed by atoms with van der Waals surface area (Å²) in [6.07, 6.45) is 1.84. The van der Waals surface area contributed by atoms with Crippen molar-refractivity contribution in [1.82, 2.24) is 4.98 Å². The Kier molecular flexibility index (Phi) is 5.49. The van der Waals surface area contributed by atoms with Gasteiger partial charge in [-0.1, -0.05) is 17.4 Å². The van der Waals surface area contributed by atoms with E-state index in [9.17, 15) is 9.59 Å². The molecule has 1 unspecified atom stereocenters. The number of carbonyl (C=O) groups is 2. The van der Waals surface area contributed by atoms with Gasteiger partial charge >= 0.3 is 0 Å². The molecule has 29 heavy (non-hydrogen) atoms. The minimum Gasteiger partial charge on any atom is -0.347 e. The number of nitrogens with zero attached hydrogens (tertiary/aromatic N) is 2. The molecule has 3 aromatic rings. The van der Waals surface area contributed by atoms with E-state index in [0.29, 0.717) is 12.2 Å². The fraction of sp³-hybridized carbons (Fsp3) is 0.318. The highest BCUT2D eigenvalue weighted by Gasteiger charge is 2.27. The summed E-state index contributed by atoms with van der Waals surface area (Å²) in [6.45, 7) is 5.16. The SMILES string of the molecule is CC(=O)Nc1ccc(NC(=O)C2CCCN(c3nc4ccc(C)cc4s3)C2)cc1. The smallest absolute Gasteiger partial charge is 0.229 e. The number of nitrogens with one attached hydrogen (secondary N) is 2. The number of aromatic nitrogens is 1. The fourth-order valence-electron chi connectivity index (χ4n) is 3.60. The molecule has 1 aliphatic rings. The van der Waals surface area contributed by atoms with Crippen LogP contribution in [0, 0.1) is 12.8 Å². The Morgan fingerprint density at radius 2 is 1.83 bits per heavy atom. The lowest BCUT2D eigenvalue weighted by atomic mass is 9.97. The third-order valence-corrected chi connectivity index (χ3v) is 6.15. The first-order chi connectivity index (χ1) is 14.0. The van der Waals surface area contributed by atoms with Crippen molar-refractivity contribution in [1.29, 1.82) is 0 Å². The number of hydrogen-bond acceptors (Lipinski definition) is 5. The zero-order valence-electron chi connectivity index (χ0n) is 16.6. The second-order valence-corrected chi connectivity index (χ2v) is 8.51. The third kappa shape index (κ3) is 4.56. The average Bonchev–Trinajstić information content (AvgIpc) is 3.12. The second kappa shape index (κ2) is 8.21. The van der Waals surface area contributed by atoms with Crippen molar-refractivity contribution in [2.75, 3.05) is 28.6 Å². The molecule has 1 saturated heterocycles. The normalized spacial score (nSPS) is 16.6. The van der Waals surface area contributed by atoms with E-state index in [0.717, 1.165) is 35.7 Å². The Bertz CT molecular complexity index is 1040. The van der Waals surface area contributed by atoms with Gasteiger partial charge in [-0.05, 0) is 61.7 Å². The largest absolute Gasteiger partial charge is 0.347 e. The van der Waals surface area contributed by atoms with Crippen LogP contribution in [0.15, 0.2) is 42.5 Å². The van der Waals surface area contributed by atoms with Crippen molar-refractivity contribution >= 4 is 49.9 Å². The van der Waals surface area contributed by atoms with E-state index in [1.165, 1.54) is 17.2 Å². The molecule has 1 aliphatic heterocycles. The summed E-state index contributed by atoms with van der Waals surface area (Å²) >= 11 is 1.69. The van der Waals surface area contributed by atoms with Crippen molar-refractivity contribution in [3.05, 3.63) is 48.0 Å². The molecule has 6 nitrogen and oxygen atoms in total. The molecule has 0 saturated carbocycles. The number of thiazole rings is 1. The number of anilines is 3. The molecule has 2 heterocycles. The Balaban J connectivity index is 1.42. The summed E-state index contributed by atoms with van der Waals surface area (Å²) < 4.78 is 1.19. The van der Waals surface area contributed by atoms with Crippen LogP contribution in [0.25, 0.3) is 10.2 Å². The highest BCUT2D eigenvalue weighted by molar-refractivity contribution is 7.22. The minimum absolute atomic E-state index is 0.0268. The van der Waals surface area contributed by atoms with Gasteiger partial charge in [0.25, 0.3) is 0 Å². The van der Waals surface area contributed by atoms with Gasteiger partial charge in [0.15, 0.2) is 5.13 Å². The van der Waals surface area contributed by atoms with Crippen LogP contribution in [-0.4, -0.2) is 29.9 Å². The first kappa shape index (κ1) is 19.4. The number of benzene rings is 2. The van der Waals surface area contributed by atoms with Gasteiger partial charge in [0.05, 0.1) is 16.1 Å². The monoisotopic (exact) mass is 408 g/mol. The molecule has 0 radical (unpaired) electrons. The molecule has 2 N–H and O–H groups in total. The molecular formula is C22H24N4O2S. The van der Waals surface area contributed by atoms with Gasteiger partial charge < -0.3 is 15.5 Å². The zero-order chi connectivity index (χ0) is 20.4. The molecule has 7 heteroatoms. The molecule has 1 fully saturated rings. The molecule has 2 aromatic carbocycles. The van der Waals surface area contributed by atoms with Crippen molar-refractivity contribution in [3.63, 3.8) is 0 Å². The maximum absolute atomic E-state index is 12.8. The summed E-state index contributed by atoms with van der Waals surface area (Å²) in [6, 6.07) is 13.5. The topological polar surface area (TPSA) is 74.3 Å². The average molecular weight is 409 g/mol. The number of rotatable bonds is 4. The van der Waals surface area contributed by atoms with Crippen molar-refractivity contribution in [2.24, 2.45) is 5.92 Å². The van der Waals surface area contributed by atoms with Crippen LogP contribution in [0.1, 0.15) is 25.3 Å². The Morgan fingerprint density at radius 1 is 1.10 bits per heavy atom. The third-order valence-electron chi connectivity index (χ3n) is 5.07. The summed E-state index contributed by atoms with van der Waals surface area (Å²) in [5, 5.41) is 6.71. The van der Waals surface area contributed by atoms with E-state index >= 15 is 0 Å². The van der Waals surface area contributed by atoms with Crippen LogP contribution in [0.2, 0.25) is 0 Å². The van der Waals surface area contributed by atoms with E-state index in [1.54, 1.807) is 35.6 Å². The standard InChI is InChI=1S/C22H24N4O2S/c1-14-5-10-19-20(12-14)29-22(25-19)26-11-3-4-16(13-26)21(28)24-18-8-6-17(7-9-18)23-15(2)27/h5-10,12,16H,3-4,11,13H2,1-2H3,(H,23,27)(H,24,28). The number of fused-ring (bicyclic) bond motifs is 1. The molecule has 1 atom stereocenters. The summed E-state index contributed by atoms with van der Waals surface area (Å²) in [7, 11) is 0. The van der Waals surface area contributed by atoms with Gasteiger partial charge in [0.2, 0.25) is 11.8 Å². The Morgan fingerprint density at radius 3 is 2.55 bits per heavy atom. The minimum atomic E-state index is -0.117. The first-order valence-electron chi connectivity index (χ1n) is 9.78. The van der Waals surface area contributed by atoms with Crippen LogP contribution in [-0.2, 0) is 9.59 Å². The lowest BCUT2D eigenvalue weighted by Gasteiger charge is -2.31. The van der Waals surface area contributed by atoms with Crippen molar-refractivity contribution in [2.45, 2.75) is 26.7 Å². The van der Waals surface area contributed by atoms with E-state index in [2.05, 4.69) is 40.7 Å². The summed E-state index contributed by atoms with van der Waals surface area (Å²) in [5.41, 5.74) is 3.69. The van der Waals surface area contributed by atoms with Gasteiger partial charge in [-0.2, -0.15) is 0 Å². The summed E-state index contributed by atoms with van der Waals surface area (Å²) in [5.74, 6) is -0.166. The van der Waals surface area contributed by atoms with Gasteiger partial charge in [0, 0.05) is 31.4 Å². The maximum Gasteiger partial charge on any atom is 0.229 e. The van der Waals surface area contributed by atoms with Gasteiger partial charge in [0.1, 0.15) is 0 Å². The second-order valence-electron chi connectivity index (χ2n) is 7.50. The number of hydrogen-bond donors (Lipinski definition) is 2. The lowest BCUT2D eigenvalue weighted by molar-refractivity contribution is -0.120. The first-order valence-corrected chi connectivity index (χ1v) is 10.6. The molecule has 2 amide bonds. The Hall–Kier alpha value is -2.93. The highest BCUT2D eigenvalue weighted by atomic mass is 32.1. The molecular weight excluding hydrogens is 384 g/mol. The number of carbonyl (C=O) groups excluding carboxylic acids is 2. The maximum atomic E-state index is 12.8. The van der Waals surface area contributed by atoms with Crippen LogP contribution >= 0.6 is 11.3 Å². The quantitative estimate of drug-likeness (QED) is 0.670. The molecule has 4 rings (SSSR count). The number of amides is 2. The van der Waals surface area contributed by atoms with E-state index in [1.807, 2.05) is 0 Å². The predicted molar refractivity (Wildman–Crippen MR) is 119 cm³/mol. The number of aryl methyl sites for hydroxylation is 1. The molecule has 1 aromatic heterocycles. The van der Waals surface area contributed by atoms with Gasteiger partial charge in [-0.15, -0.1) is 0 Å². The van der Waals surface area contributed by atoms with Crippen molar-refractivity contribution in [3.8, 4) is 0 Å². The molecule has 0 bridgehead atoms. The van der Waals surface area contributed by atoms with E-state index < -0.39 is 0 Å². The highest BCUT2D eigenvalue weighted by Crippen LogP contribution is 2.32. The predicted octanol–water partition coefficient (Wildman–Crippen LogP) is 4.42. The molecule has 0 spiro atoms. The van der Waals surface area contributed by atoms with E-state index in [-0.39, 0.29) is 17.7 Å².